The van der Waals surface area contributed by atoms with Crippen molar-refractivity contribution in [3.63, 3.8) is 0 Å². The van der Waals surface area contributed by atoms with E-state index in [9.17, 15) is 0 Å². The molecule has 0 saturated heterocycles. The van der Waals surface area contributed by atoms with E-state index < -0.39 is 0 Å². The van der Waals surface area contributed by atoms with Crippen molar-refractivity contribution in [2.45, 2.75) is 132 Å². The summed E-state index contributed by atoms with van der Waals surface area (Å²) < 4.78 is 0. The Bertz CT molecular complexity index is 5370. The van der Waals surface area contributed by atoms with Crippen molar-refractivity contribution < 1.29 is 0 Å². The molecule has 0 radical (unpaired) electrons. The van der Waals surface area contributed by atoms with Crippen LogP contribution in [0.25, 0.3) is 0 Å². The van der Waals surface area contributed by atoms with Gasteiger partial charge in [0.15, 0.2) is 0 Å². The molecule has 0 heterocycles. The summed E-state index contributed by atoms with van der Waals surface area (Å²) in [5, 5.41) is 0. The molecule has 0 heteroatoms. The smallest absolute Gasteiger partial charge is 0.0338 e. The predicted molar refractivity (Wildman–Crippen MR) is 458 cm³/mol. The van der Waals surface area contributed by atoms with Gasteiger partial charge in [0.1, 0.15) is 0 Å². The number of rotatable bonds is 3. The Morgan fingerprint density at radius 2 is 0.384 bits per heavy atom. The fourth-order valence-corrected chi connectivity index (χ4v) is 22.5. The Labute approximate surface area is 666 Å². The molecule has 23 rings (SSSR count). The summed E-state index contributed by atoms with van der Waals surface area (Å²) in [5.41, 5.74) is 20.6. The number of hydrogen-bond acceptors (Lipinski definition) is 0. The second-order valence-electron chi connectivity index (χ2n) is 34.5. The maximum atomic E-state index is 3.81. The van der Waals surface area contributed by atoms with Gasteiger partial charge >= 0.3 is 0 Å². The molecule has 12 saturated carbocycles. The minimum atomic E-state index is 0.0986. The van der Waals surface area contributed by atoms with E-state index >= 15 is 0 Å². The molecule has 11 aromatic carbocycles. The highest BCUT2D eigenvalue weighted by atomic mass is 14.6. The normalized spacial score (nSPS) is 26.0. The number of hydrogen-bond donors (Lipinski definition) is 0. The van der Waals surface area contributed by atoms with Gasteiger partial charge in [0.25, 0.3) is 0 Å². The van der Waals surface area contributed by atoms with Crippen molar-refractivity contribution in [2.24, 2.45) is 52.3 Å². The molecule has 0 aromatic heterocycles. The highest BCUT2D eigenvalue weighted by Crippen LogP contribution is 2.67. The van der Waals surface area contributed by atoms with E-state index in [-0.39, 0.29) is 10.8 Å². The second-order valence-corrected chi connectivity index (χ2v) is 34.5. The van der Waals surface area contributed by atoms with Crippen LogP contribution in [0.2, 0.25) is 0 Å². The van der Waals surface area contributed by atoms with E-state index in [1.165, 1.54) is 126 Å². The lowest BCUT2D eigenvalue weighted by Crippen LogP contribution is -2.55. The molecule has 0 nitrogen and oxygen atoms in total. The van der Waals surface area contributed by atoms with Gasteiger partial charge in [-0.05, 0) is 354 Å². The highest BCUT2D eigenvalue weighted by Gasteiger charge is 2.59. The standard InChI is InChI=1S/C42H32.C38H32.C32H28/c1-3-7-33(8-4-1)11-13-35-15-19-37(20-16-35)23-25-41-28-39-27-40(29-41)31-42(30-39,32-41)26-24-38-21-17-36(18-22-38)14-12-34-9-5-2-6-10-34;1-3-7-29(8-4-1)11-13-31-15-19-35(20-16-31)37-24-33-23-34(25-37)27-38(26-33,28-37)36-21-17-32(18-22-36)14-12-30-9-5-2-6-10-30;1-3-7-24(8-4-1)11-13-26-15-27(14-12-25-9-5-2-6-10-25)20-31(19-26)32-21-28-16-29(22-32)18-30(17-28)23-32/h1-10,15-22,39-40H,27-32H2;1-10,15-22,33-34H,23-28H2;1-10,15,19-20,28-30H,16-18,21-23H2. The lowest BCUT2D eigenvalue weighted by molar-refractivity contribution is -0.0523. The third-order valence-electron chi connectivity index (χ3n) is 26.2. The quantitative estimate of drug-likeness (QED) is 0.155. The monoisotopic (exact) mass is 1440 g/mol. The van der Waals surface area contributed by atoms with E-state index in [1.807, 2.05) is 133 Å². The van der Waals surface area contributed by atoms with Crippen molar-refractivity contribution in [3.05, 3.63) is 392 Å². The molecule has 0 spiro atoms. The Balaban J connectivity index is 0.000000118. The molecule has 12 bridgehead atoms. The van der Waals surface area contributed by atoms with Crippen LogP contribution in [0.4, 0.5) is 0 Å². The molecule has 0 amide bonds. The minimum absolute atomic E-state index is 0.0986. The maximum Gasteiger partial charge on any atom is 0.0338 e. The molecule has 540 valence electrons. The lowest BCUT2D eigenvalue weighted by atomic mass is 9.41. The van der Waals surface area contributed by atoms with Gasteiger partial charge in [0, 0.05) is 88.7 Å². The molecular formula is C112H92. The topological polar surface area (TPSA) is 0 Å². The van der Waals surface area contributed by atoms with Crippen molar-refractivity contribution in [1.29, 1.82) is 0 Å². The van der Waals surface area contributed by atoms with Gasteiger partial charge in [-0.25, -0.2) is 0 Å². The van der Waals surface area contributed by atoms with E-state index in [0.717, 1.165) is 126 Å². The molecule has 0 atom stereocenters. The van der Waals surface area contributed by atoms with Gasteiger partial charge in [0.05, 0.1) is 0 Å². The third-order valence-corrected chi connectivity index (χ3v) is 26.2. The fraction of sp³-hybridized carbons (Fsp3) is 0.268. The van der Waals surface area contributed by atoms with Gasteiger partial charge in [-0.15, -0.1) is 0 Å². The van der Waals surface area contributed by atoms with Crippen LogP contribution in [-0.2, 0) is 16.2 Å². The van der Waals surface area contributed by atoms with E-state index in [4.69, 9.17) is 0 Å². The van der Waals surface area contributed by atoms with Crippen molar-refractivity contribution in [1.82, 2.24) is 0 Å². The van der Waals surface area contributed by atoms with E-state index in [0.29, 0.717) is 16.2 Å². The zero-order valence-electron chi connectivity index (χ0n) is 64.1. The van der Waals surface area contributed by atoms with E-state index in [2.05, 4.69) is 259 Å². The SMILES string of the molecule is C(#Cc1cc(C#Cc2ccccc2)cc(C23CC4CC(CC(C4)C2)C3)c1)c1ccccc1.C(#Cc1ccc(C#CC23CC4CC(C2)CC(C#Cc2ccc(C#Cc5ccccc5)cc2)(C4)C3)cc1)c1ccccc1.C(#Cc1ccc(C23CC4CC(C2)CC(c2ccc(C#Cc5ccccc5)cc2)(C4)C3)cc1)c1ccccc1. The van der Waals surface area contributed by atoms with Crippen LogP contribution in [-0.4, -0.2) is 0 Å². The Morgan fingerprint density at radius 1 is 0.170 bits per heavy atom. The summed E-state index contributed by atoms with van der Waals surface area (Å²) in [4.78, 5) is 0. The first kappa shape index (κ1) is 71.5. The summed E-state index contributed by atoms with van der Waals surface area (Å²) in [6.07, 6.45) is 24.0. The average Bonchev–Trinajstić information content (AvgIpc) is 0.716. The summed E-state index contributed by atoms with van der Waals surface area (Å²) in [6.45, 7) is 0. The Kier molecular flexibility index (Phi) is 20.2. The van der Waals surface area contributed by atoms with Crippen molar-refractivity contribution in [3.8, 4) is 94.7 Å². The first-order valence-electron chi connectivity index (χ1n) is 41.1. The predicted octanol–water partition coefficient (Wildman–Crippen LogP) is 23.7. The van der Waals surface area contributed by atoms with Crippen LogP contribution in [0, 0.1) is 147 Å². The lowest BCUT2D eigenvalue weighted by Gasteiger charge is -2.62. The van der Waals surface area contributed by atoms with Gasteiger partial charge in [-0.2, -0.15) is 0 Å². The largest absolute Gasteiger partial charge is 0.0910 e. The number of benzene rings is 11. The van der Waals surface area contributed by atoms with Gasteiger partial charge < -0.3 is 0 Å². The average molecular weight is 1440 g/mol. The molecule has 12 fully saturated rings. The molecule has 12 aliphatic carbocycles. The summed E-state index contributed by atoms with van der Waals surface area (Å²) in [5.74, 6) is 60.7. The van der Waals surface area contributed by atoms with Gasteiger partial charge in [0.2, 0.25) is 0 Å². The molecule has 12 aliphatic rings. The summed E-state index contributed by atoms with van der Waals surface area (Å²) in [6, 6.07) is 104. The van der Waals surface area contributed by atoms with E-state index in [1.54, 1.807) is 0 Å². The van der Waals surface area contributed by atoms with Crippen LogP contribution in [0.5, 0.6) is 0 Å². The summed E-state index contributed by atoms with van der Waals surface area (Å²) in [7, 11) is 0. The van der Waals surface area contributed by atoms with Gasteiger partial charge in [-0.1, -0.05) is 228 Å². The first-order chi connectivity index (χ1) is 55.0. The molecular weight excluding hydrogens is 1350 g/mol. The third kappa shape index (κ3) is 16.7. The maximum absolute atomic E-state index is 3.81. The van der Waals surface area contributed by atoms with Crippen LogP contribution < -0.4 is 0 Å². The van der Waals surface area contributed by atoms with Crippen molar-refractivity contribution in [2.75, 3.05) is 0 Å². The zero-order chi connectivity index (χ0) is 75.0. The van der Waals surface area contributed by atoms with Crippen LogP contribution in [0.3, 0.4) is 0 Å². The Hall–Kier alpha value is -12.1. The molecule has 0 N–H and O–H groups in total. The zero-order valence-corrected chi connectivity index (χ0v) is 64.1. The highest BCUT2D eigenvalue weighted by molar-refractivity contribution is 5.55. The molecule has 0 aliphatic heterocycles. The van der Waals surface area contributed by atoms with Gasteiger partial charge in [-0.3, -0.25) is 0 Å². The molecule has 112 heavy (non-hydrogen) atoms. The fourth-order valence-electron chi connectivity index (χ4n) is 22.5. The first-order valence-corrected chi connectivity index (χ1v) is 41.1. The Morgan fingerprint density at radius 3 is 0.661 bits per heavy atom. The second kappa shape index (κ2) is 31.7. The molecule has 11 aromatic rings. The molecule has 0 unspecified atom stereocenters. The summed E-state index contributed by atoms with van der Waals surface area (Å²) >= 11 is 0. The van der Waals surface area contributed by atoms with Crippen molar-refractivity contribution >= 4 is 0 Å². The van der Waals surface area contributed by atoms with Crippen LogP contribution >= 0.6 is 0 Å². The van der Waals surface area contributed by atoms with Crippen LogP contribution in [0.1, 0.15) is 210 Å². The van der Waals surface area contributed by atoms with Crippen LogP contribution in [0.15, 0.2) is 297 Å². The minimum Gasteiger partial charge on any atom is -0.0910 e.